The maximum atomic E-state index is 9.55. The molecule has 1 N–H and O–H groups in total. The number of piperazine rings is 1. The van der Waals surface area contributed by atoms with Crippen molar-refractivity contribution >= 4 is 0 Å². The average Bonchev–Trinajstić information content (AvgIpc) is 2.97. The van der Waals surface area contributed by atoms with Crippen LogP contribution in [0.4, 0.5) is 0 Å². The van der Waals surface area contributed by atoms with E-state index in [2.05, 4.69) is 34.9 Å². The number of furan rings is 1. The van der Waals surface area contributed by atoms with Crippen molar-refractivity contribution in [3.05, 3.63) is 53.5 Å². The Morgan fingerprint density at radius 3 is 2.35 bits per heavy atom. The Balaban J connectivity index is 1.46. The standard InChI is InChI=1S/C19H26N2O2/c1-2-4-18-7-8-19(23-18)15-21-11-9-20(10-12-21)14-16-5-3-6-17(22)13-16/h3,5-8,13,22H,2,4,9-12,14-15H2,1H3. The zero-order valence-electron chi connectivity index (χ0n) is 13.9. The van der Waals surface area contributed by atoms with Crippen molar-refractivity contribution in [2.45, 2.75) is 32.9 Å². The van der Waals surface area contributed by atoms with Crippen LogP contribution in [0, 0.1) is 0 Å². The number of phenolic OH excluding ortho intramolecular Hbond substituents is 1. The molecule has 3 rings (SSSR count). The summed E-state index contributed by atoms with van der Waals surface area (Å²) < 4.78 is 5.88. The van der Waals surface area contributed by atoms with Gasteiger partial charge in [-0.15, -0.1) is 0 Å². The third-order valence-corrected chi connectivity index (χ3v) is 4.37. The van der Waals surface area contributed by atoms with Crippen LogP contribution in [0.5, 0.6) is 5.75 Å². The van der Waals surface area contributed by atoms with Gasteiger partial charge in [-0.05, 0) is 36.2 Å². The first-order valence-corrected chi connectivity index (χ1v) is 8.53. The highest BCUT2D eigenvalue weighted by molar-refractivity contribution is 5.27. The molecule has 0 amide bonds. The van der Waals surface area contributed by atoms with Crippen LogP contribution < -0.4 is 0 Å². The lowest BCUT2D eigenvalue weighted by Crippen LogP contribution is -2.45. The number of hydrogen-bond acceptors (Lipinski definition) is 4. The second kappa shape index (κ2) is 7.66. The summed E-state index contributed by atoms with van der Waals surface area (Å²) in [7, 11) is 0. The predicted molar refractivity (Wildman–Crippen MR) is 91.4 cm³/mol. The van der Waals surface area contributed by atoms with Crippen molar-refractivity contribution in [3.8, 4) is 5.75 Å². The minimum atomic E-state index is 0.349. The Morgan fingerprint density at radius 1 is 0.957 bits per heavy atom. The summed E-state index contributed by atoms with van der Waals surface area (Å²) in [6.45, 7) is 8.21. The normalized spacial score (nSPS) is 16.7. The molecule has 1 fully saturated rings. The van der Waals surface area contributed by atoms with Crippen LogP contribution in [0.15, 0.2) is 40.8 Å². The van der Waals surface area contributed by atoms with E-state index >= 15 is 0 Å². The van der Waals surface area contributed by atoms with Crippen LogP contribution in [0.2, 0.25) is 0 Å². The Morgan fingerprint density at radius 2 is 1.65 bits per heavy atom. The van der Waals surface area contributed by atoms with Crippen LogP contribution in [0.1, 0.15) is 30.4 Å². The number of phenols is 1. The highest BCUT2D eigenvalue weighted by Crippen LogP contribution is 2.16. The largest absolute Gasteiger partial charge is 0.508 e. The van der Waals surface area contributed by atoms with Crippen molar-refractivity contribution < 1.29 is 9.52 Å². The lowest BCUT2D eigenvalue weighted by Gasteiger charge is -2.34. The molecule has 1 aliphatic heterocycles. The van der Waals surface area contributed by atoms with E-state index in [4.69, 9.17) is 4.42 Å². The van der Waals surface area contributed by atoms with Gasteiger partial charge in [-0.1, -0.05) is 19.1 Å². The van der Waals surface area contributed by atoms with Gasteiger partial charge in [0.15, 0.2) is 0 Å². The maximum absolute atomic E-state index is 9.55. The molecular weight excluding hydrogens is 288 g/mol. The van der Waals surface area contributed by atoms with Gasteiger partial charge in [0, 0.05) is 39.1 Å². The van der Waals surface area contributed by atoms with E-state index in [0.717, 1.165) is 63.6 Å². The van der Waals surface area contributed by atoms with Gasteiger partial charge in [0.05, 0.1) is 6.54 Å². The number of nitrogens with zero attached hydrogens (tertiary/aromatic N) is 2. The maximum Gasteiger partial charge on any atom is 0.118 e. The van der Waals surface area contributed by atoms with E-state index in [1.54, 1.807) is 6.07 Å². The predicted octanol–water partition coefficient (Wildman–Crippen LogP) is 3.26. The van der Waals surface area contributed by atoms with Gasteiger partial charge < -0.3 is 9.52 Å². The molecule has 0 unspecified atom stereocenters. The molecule has 0 atom stereocenters. The van der Waals surface area contributed by atoms with Gasteiger partial charge in [0.25, 0.3) is 0 Å². The number of aryl methyl sites for hydroxylation is 1. The van der Waals surface area contributed by atoms with Crippen molar-refractivity contribution in [1.82, 2.24) is 9.80 Å². The SMILES string of the molecule is CCCc1ccc(CN2CCN(Cc3cccc(O)c3)CC2)o1. The van der Waals surface area contributed by atoms with Crippen LogP contribution in [-0.4, -0.2) is 41.1 Å². The first-order chi connectivity index (χ1) is 11.2. The Bertz CT molecular complexity index is 615. The summed E-state index contributed by atoms with van der Waals surface area (Å²) in [4.78, 5) is 4.89. The Labute approximate surface area is 138 Å². The molecule has 2 heterocycles. The minimum absolute atomic E-state index is 0.349. The molecule has 4 heteroatoms. The molecule has 0 radical (unpaired) electrons. The van der Waals surface area contributed by atoms with E-state index in [0.29, 0.717) is 5.75 Å². The van der Waals surface area contributed by atoms with Crippen molar-refractivity contribution in [2.75, 3.05) is 26.2 Å². The van der Waals surface area contributed by atoms with E-state index in [9.17, 15) is 5.11 Å². The Kier molecular flexibility index (Phi) is 5.36. The molecular formula is C19H26N2O2. The van der Waals surface area contributed by atoms with E-state index < -0.39 is 0 Å². The third kappa shape index (κ3) is 4.60. The molecule has 1 saturated heterocycles. The summed E-state index contributed by atoms with van der Waals surface area (Å²) >= 11 is 0. The second-order valence-electron chi connectivity index (χ2n) is 6.34. The first kappa shape index (κ1) is 16.1. The van der Waals surface area contributed by atoms with Gasteiger partial charge in [-0.25, -0.2) is 0 Å². The van der Waals surface area contributed by atoms with E-state index in [-0.39, 0.29) is 0 Å². The monoisotopic (exact) mass is 314 g/mol. The van der Waals surface area contributed by atoms with Gasteiger partial charge in [-0.3, -0.25) is 9.80 Å². The number of aromatic hydroxyl groups is 1. The fourth-order valence-electron chi connectivity index (χ4n) is 3.13. The Hall–Kier alpha value is -1.78. The number of benzene rings is 1. The second-order valence-corrected chi connectivity index (χ2v) is 6.34. The number of rotatable bonds is 6. The van der Waals surface area contributed by atoms with Crippen LogP contribution in [0.25, 0.3) is 0 Å². The lowest BCUT2D eigenvalue weighted by atomic mass is 10.2. The van der Waals surface area contributed by atoms with Gasteiger partial charge in [-0.2, -0.15) is 0 Å². The molecule has 23 heavy (non-hydrogen) atoms. The smallest absolute Gasteiger partial charge is 0.118 e. The summed E-state index contributed by atoms with van der Waals surface area (Å²) in [6, 6.07) is 11.8. The van der Waals surface area contributed by atoms with Gasteiger partial charge in [0.1, 0.15) is 17.3 Å². The molecule has 2 aromatic rings. The molecule has 0 saturated carbocycles. The highest BCUT2D eigenvalue weighted by atomic mass is 16.3. The molecule has 0 spiro atoms. The fraction of sp³-hybridized carbons (Fsp3) is 0.474. The minimum Gasteiger partial charge on any atom is -0.508 e. The molecule has 0 aliphatic carbocycles. The average molecular weight is 314 g/mol. The molecule has 1 aliphatic rings. The molecule has 1 aromatic carbocycles. The van der Waals surface area contributed by atoms with Crippen molar-refractivity contribution in [3.63, 3.8) is 0 Å². The molecule has 0 bridgehead atoms. The number of hydrogen-bond donors (Lipinski definition) is 1. The highest BCUT2D eigenvalue weighted by Gasteiger charge is 2.18. The van der Waals surface area contributed by atoms with E-state index in [1.165, 1.54) is 5.56 Å². The fourth-order valence-corrected chi connectivity index (χ4v) is 3.13. The van der Waals surface area contributed by atoms with Crippen LogP contribution >= 0.6 is 0 Å². The zero-order chi connectivity index (χ0) is 16.1. The first-order valence-electron chi connectivity index (χ1n) is 8.53. The molecule has 1 aromatic heterocycles. The summed E-state index contributed by atoms with van der Waals surface area (Å²) in [5.74, 6) is 2.53. The van der Waals surface area contributed by atoms with Gasteiger partial charge in [0.2, 0.25) is 0 Å². The summed E-state index contributed by atoms with van der Waals surface area (Å²) in [6.07, 6.45) is 2.15. The van der Waals surface area contributed by atoms with Crippen molar-refractivity contribution in [1.29, 1.82) is 0 Å². The van der Waals surface area contributed by atoms with Crippen molar-refractivity contribution in [2.24, 2.45) is 0 Å². The van der Waals surface area contributed by atoms with Crippen LogP contribution in [0.3, 0.4) is 0 Å². The quantitative estimate of drug-likeness (QED) is 0.888. The lowest BCUT2D eigenvalue weighted by molar-refractivity contribution is 0.115. The summed E-state index contributed by atoms with van der Waals surface area (Å²) in [5.41, 5.74) is 1.17. The topological polar surface area (TPSA) is 39.9 Å². The zero-order valence-corrected chi connectivity index (χ0v) is 13.9. The van der Waals surface area contributed by atoms with E-state index in [1.807, 2.05) is 12.1 Å². The summed E-state index contributed by atoms with van der Waals surface area (Å²) in [5, 5.41) is 9.55. The third-order valence-electron chi connectivity index (χ3n) is 4.37. The van der Waals surface area contributed by atoms with Gasteiger partial charge >= 0.3 is 0 Å². The van der Waals surface area contributed by atoms with Crippen LogP contribution in [-0.2, 0) is 19.5 Å². The molecule has 124 valence electrons. The molecule has 4 nitrogen and oxygen atoms in total.